The number of hydrogen-bond acceptors (Lipinski definition) is 2. The van der Waals surface area contributed by atoms with Crippen molar-refractivity contribution in [3.05, 3.63) is 35.5 Å². The summed E-state index contributed by atoms with van der Waals surface area (Å²) in [4.78, 5) is 4.37. The molecule has 0 aliphatic carbocycles. The summed E-state index contributed by atoms with van der Waals surface area (Å²) in [7, 11) is 0. The Balaban J connectivity index is 2.71. The zero-order valence-electron chi connectivity index (χ0n) is 12.3. The standard InChI is InChI=1S/C16H20F2N2/c1-5-6-19-13-9-14(16(2,3)4)20-15-11(13)7-10(17)8-12(15)18/h7-9H,5-6H2,1-4H3,(H,19,20). The first-order valence-electron chi connectivity index (χ1n) is 6.87. The second-order valence-corrected chi connectivity index (χ2v) is 6.02. The second kappa shape index (κ2) is 5.35. The molecule has 108 valence electrons. The SMILES string of the molecule is CCCNc1cc(C(C)(C)C)nc2c(F)cc(F)cc12. The van der Waals surface area contributed by atoms with Gasteiger partial charge in [-0.15, -0.1) is 0 Å². The Kier molecular flexibility index (Phi) is 3.93. The number of nitrogens with zero attached hydrogens (tertiary/aromatic N) is 1. The van der Waals surface area contributed by atoms with Crippen LogP contribution >= 0.6 is 0 Å². The summed E-state index contributed by atoms with van der Waals surface area (Å²) in [6, 6.07) is 4.10. The molecular formula is C16H20F2N2. The zero-order valence-corrected chi connectivity index (χ0v) is 12.3. The van der Waals surface area contributed by atoms with Crippen molar-refractivity contribution in [1.29, 1.82) is 0 Å². The Morgan fingerprint density at radius 3 is 2.45 bits per heavy atom. The fourth-order valence-corrected chi connectivity index (χ4v) is 2.04. The molecular weight excluding hydrogens is 258 g/mol. The minimum absolute atomic E-state index is 0.197. The first-order chi connectivity index (χ1) is 9.32. The van der Waals surface area contributed by atoms with Crippen LogP contribution in [0, 0.1) is 11.6 Å². The van der Waals surface area contributed by atoms with E-state index < -0.39 is 11.6 Å². The summed E-state index contributed by atoms with van der Waals surface area (Å²) in [5.74, 6) is -1.20. The lowest BCUT2D eigenvalue weighted by atomic mass is 9.90. The lowest BCUT2D eigenvalue weighted by molar-refractivity contribution is 0.566. The van der Waals surface area contributed by atoms with Crippen LogP contribution in [0.25, 0.3) is 10.9 Å². The van der Waals surface area contributed by atoms with E-state index >= 15 is 0 Å². The highest BCUT2D eigenvalue weighted by molar-refractivity contribution is 5.92. The summed E-state index contributed by atoms with van der Waals surface area (Å²) in [5.41, 5.74) is 1.55. The van der Waals surface area contributed by atoms with Gasteiger partial charge in [0.25, 0.3) is 0 Å². The van der Waals surface area contributed by atoms with Crippen LogP contribution in [0.1, 0.15) is 39.8 Å². The van der Waals surface area contributed by atoms with Crippen LogP contribution in [-0.2, 0) is 5.41 Å². The summed E-state index contributed by atoms with van der Waals surface area (Å²) in [6.07, 6.45) is 0.937. The van der Waals surface area contributed by atoms with Gasteiger partial charge in [-0.25, -0.2) is 13.8 Å². The number of pyridine rings is 1. The number of hydrogen-bond donors (Lipinski definition) is 1. The molecule has 0 aliphatic rings. The minimum atomic E-state index is -0.620. The number of rotatable bonds is 3. The fraction of sp³-hybridized carbons (Fsp3) is 0.438. The van der Waals surface area contributed by atoms with Crippen molar-refractivity contribution in [2.75, 3.05) is 11.9 Å². The van der Waals surface area contributed by atoms with Crippen LogP contribution in [0.4, 0.5) is 14.5 Å². The molecule has 1 aromatic heterocycles. The highest BCUT2D eigenvalue weighted by Crippen LogP contribution is 2.31. The van der Waals surface area contributed by atoms with Crippen LogP contribution < -0.4 is 5.32 Å². The monoisotopic (exact) mass is 278 g/mol. The van der Waals surface area contributed by atoms with Crippen molar-refractivity contribution in [3.8, 4) is 0 Å². The van der Waals surface area contributed by atoms with Gasteiger partial charge in [0, 0.05) is 34.8 Å². The Bertz CT molecular complexity index is 630. The lowest BCUT2D eigenvalue weighted by Crippen LogP contribution is -2.15. The normalized spacial score (nSPS) is 11.9. The molecule has 1 N–H and O–H groups in total. The third-order valence-corrected chi connectivity index (χ3v) is 3.17. The van der Waals surface area contributed by atoms with Gasteiger partial charge in [0.15, 0.2) is 5.82 Å². The van der Waals surface area contributed by atoms with Gasteiger partial charge in [0.05, 0.1) is 0 Å². The largest absolute Gasteiger partial charge is 0.384 e. The van der Waals surface area contributed by atoms with E-state index in [-0.39, 0.29) is 10.9 Å². The van der Waals surface area contributed by atoms with E-state index in [1.165, 1.54) is 6.07 Å². The number of halogens is 2. The molecule has 2 aromatic rings. The molecule has 2 rings (SSSR count). The molecule has 0 unspecified atom stereocenters. The van der Waals surface area contributed by atoms with Crippen molar-refractivity contribution in [2.24, 2.45) is 0 Å². The van der Waals surface area contributed by atoms with Crippen LogP contribution in [0.5, 0.6) is 0 Å². The molecule has 0 radical (unpaired) electrons. The highest BCUT2D eigenvalue weighted by atomic mass is 19.1. The van der Waals surface area contributed by atoms with Crippen molar-refractivity contribution in [2.45, 2.75) is 39.5 Å². The average Bonchev–Trinajstić information content (AvgIpc) is 2.34. The predicted octanol–water partition coefficient (Wildman–Crippen LogP) is 4.63. The smallest absolute Gasteiger partial charge is 0.152 e. The maximum absolute atomic E-state index is 14.0. The van der Waals surface area contributed by atoms with Gasteiger partial charge in [0.2, 0.25) is 0 Å². The summed E-state index contributed by atoms with van der Waals surface area (Å²) < 4.78 is 27.4. The molecule has 0 spiro atoms. The van der Waals surface area contributed by atoms with Gasteiger partial charge < -0.3 is 5.32 Å². The molecule has 4 heteroatoms. The van der Waals surface area contributed by atoms with Crippen LogP contribution in [-0.4, -0.2) is 11.5 Å². The quantitative estimate of drug-likeness (QED) is 0.885. The number of anilines is 1. The van der Waals surface area contributed by atoms with Gasteiger partial charge in [-0.2, -0.15) is 0 Å². The Morgan fingerprint density at radius 2 is 1.85 bits per heavy atom. The molecule has 2 nitrogen and oxygen atoms in total. The molecule has 0 bridgehead atoms. The van der Waals surface area contributed by atoms with Gasteiger partial charge >= 0.3 is 0 Å². The maximum atomic E-state index is 14.0. The van der Waals surface area contributed by atoms with E-state index in [0.717, 1.165) is 30.4 Å². The lowest BCUT2D eigenvalue weighted by Gasteiger charge is -2.20. The minimum Gasteiger partial charge on any atom is -0.384 e. The fourth-order valence-electron chi connectivity index (χ4n) is 2.04. The molecule has 1 aromatic carbocycles. The Hall–Kier alpha value is -1.71. The van der Waals surface area contributed by atoms with Crippen molar-refractivity contribution >= 4 is 16.6 Å². The summed E-state index contributed by atoms with van der Waals surface area (Å²) in [5, 5.41) is 3.72. The van der Waals surface area contributed by atoms with Crippen LogP contribution in [0.15, 0.2) is 18.2 Å². The average molecular weight is 278 g/mol. The van der Waals surface area contributed by atoms with E-state index in [1.54, 1.807) is 0 Å². The third kappa shape index (κ3) is 2.89. The van der Waals surface area contributed by atoms with Crippen molar-refractivity contribution < 1.29 is 8.78 Å². The Labute approximate surface area is 118 Å². The number of aromatic nitrogens is 1. The second-order valence-electron chi connectivity index (χ2n) is 6.02. The van der Waals surface area contributed by atoms with E-state index in [2.05, 4.69) is 10.3 Å². The number of benzene rings is 1. The van der Waals surface area contributed by atoms with Gasteiger partial charge in [0.1, 0.15) is 11.3 Å². The molecule has 0 fully saturated rings. The van der Waals surface area contributed by atoms with Crippen molar-refractivity contribution in [1.82, 2.24) is 4.98 Å². The molecule has 1 heterocycles. The van der Waals surface area contributed by atoms with E-state index in [9.17, 15) is 8.78 Å². The van der Waals surface area contributed by atoms with Gasteiger partial charge in [-0.1, -0.05) is 27.7 Å². The first-order valence-corrected chi connectivity index (χ1v) is 6.87. The summed E-state index contributed by atoms with van der Waals surface area (Å²) in [6.45, 7) is 8.85. The third-order valence-electron chi connectivity index (χ3n) is 3.17. The van der Waals surface area contributed by atoms with Crippen molar-refractivity contribution in [3.63, 3.8) is 0 Å². The molecule has 0 aliphatic heterocycles. The molecule has 0 amide bonds. The molecule has 20 heavy (non-hydrogen) atoms. The summed E-state index contributed by atoms with van der Waals surface area (Å²) >= 11 is 0. The number of fused-ring (bicyclic) bond motifs is 1. The topological polar surface area (TPSA) is 24.9 Å². The molecule has 0 saturated heterocycles. The zero-order chi connectivity index (χ0) is 14.9. The Morgan fingerprint density at radius 1 is 1.15 bits per heavy atom. The molecule has 0 saturated carbocycles. The van der Waals surface area contributed by atoms with Gasteiger partial charge in [-0.3, -0.25) is 0 Å². The van der Waals surface area contributed by atoms with Gasteiger partial charge in [-0.05, 0) is 18.6 Å². The van der Waals surface area contributed by atoms with E-state index in [1.807, 2.05) is 33.8 Å². The first kappa shape index (κ1) is 14.7. The molecule has 0 atom stereocenters. The predicted molar refractivity (Wildman–Crippen MR) is 79.1 cm³/mol. The van der Waals surface area contributed by atoms with E-state index in [0.29, 0.717) is 5.39 Å². The van der Waals surface area contributed by atoms with E-state index in [4.69, 9.17) is 0 Å². The van der Waals surface area contributed by atoms with Crippen LogP contribution in [0.3, 0.4) is 0 Å². The highest BCUT2D eigenvalue weighted by Gasteiger charge is 2.19. The number of nitrogens with one attached hydrogen (secondary N) is 1. The maximum Gasteiger partial charge on any atom is 0.152 e. The van der Waals surface area contributed by atoms with Crippen LogP contribution in [0.2, 0.25) is 0 Å².